The summed E-state index contributed by atoms with van der Waals surface area (Å²) in [6.45, 7) is 3.16. The van der Waals surface area contributed by atoms with Crippen LogP contribution in [0.5, 0.6) is 0 Å². The summed E-state index contributed by atoms with van der Waals surface area (Å²) in [7, 11) is 1.69. The molecule has 0 spiro atoms. The molecule has 1 heterocycles. The van der Waals surface area contributed by atoms with Crippen molar-refractivity contribution in [2.45, 2.75) is 25.4 Å². The number of benzene rings is 2. The van der Waals surface area contributed by atoms with E-state index in [0.29, 0.717) is 13.2 Å². The van der Waals surface area contributed by atoms with Crippen molar-refractivity contribution >= 4 is 17.1 Å². The van der Waals surface area contributed by atoms with Crippen LogP contribution >= 0.6 is 12.2 Å². The minimum Gasteiger partial charge on any atom is -0.381 e. The Morgan fingerprint density at radius 3 is 2.33 bits per heavy atom. The van der Waals surface area contributed by atoms with Crippen LogP contribution < -0.4 is 0 Å². The summed E-state index contributed by atoms with van der Waals surface area (Å²) in [6, 6.07) is 13.1. The second-order valence-electron chi connectivity index (χ2n) is 6.17. The van der Waals surface area contributed by atoms with Gasteiger partial charge >= 0.3 is 0 Å². The molecule has 0 bridgehead atoms. The highest BCUT2D eigenvalue weighted by Crippen LogP contribution is 2.37. The van der Waals surface area contributed by atoms with Crippen molar-refractivity contribution in [3.8, 4) is 11.1 Å². The van der Waals surface area contributed by atoms with Gasteiger partial charge in [0.05, 0.1) is 5.60 Å². The van der Waals surface area contributed by atoms with E-state index in [1.54, 1.807) is 19.2 Å². The summed E-state index contributed by atoms with van der Waals surface area (Å²) in [4.78, 5) is 0.849. The van der Waals surface area contributed by atoms with Crippen molar-refractivity contribution in [2.24, 2.45) is 0 Å². The maximum Gasteiger partial charge on any atom is 0.124 e. The van der Waals surface area contributed by atoms with Gasteiger partial charge in [-0.1, -0.05) is 36.5 Å². The zero-order valence-corrected chi connectivity index (χ0v) is 14.8. The molecule has 24 heavy (non-hydrogen) atoms. The molecule has 0 aliphatic carbocycles. The van der Waals surface area contributed by atoms with Crippen LogP contribution in [0.2, 0.25) is 0 Å². The highest BCUT2D eigenvalue weighted by atomic mass is 32.1. The monoisotopic (exact) mass is 344 g/mol. The fraction of sp³-hybridized carbons (Fsp3) is 0.350. The minimum absolute atomic E-state index is 0.250. The van der Waals surface area contributed by atoms with Crippen LogP contribution in [0, 0.1) is 5.82 Å². The first kappa shape index (κ1) is 17.2. The van der Waals surface area contributed by atoms with E-state index < -0.39 is 5.60 Å². The molecule has 1 aliphatic heterocycles. The maximum atomic E-state index is 14.3. The molecule has 4 heteroatoms. The molecule has 3 rings (SSSR count). The van der Waals surface area contributed by atoms with Crippen molar-refractivity contribution in [2.75, 3.05) is 20.3 Å². The lowest BCUT2D eigenvalue weighted by Crippen LogP contribution is -2.35. The molecule has 0 N–H and O–H groups in total. The van der Waals surface area contributed by atoms with Crippen LogP contribution in [0.1, 0.15) is 30.9 Å². The highest BCUT2D eigenvalue weighted by Gasteiger charge is 2.35. The number of halogens is 1. The number of hydrogen-bond donors (Lipinski definition) is 0. The summed E-state index contributed by atoms with van der Waals surface area (Å²) in [5.41, 5.74) is 3.23. The fourth-order valence-corrected chi connectivity index (χ4v) is 3.36. The number of methoxy groups -OCH3 is 1. The third-order valence-electron chi connectivity index (χ3n) is 4.74. The lowest BCUT2D eigenvalue weighted by Gasteiger charge is -2.36. The zero-order valence-electron chi connectivity index (χ0n) is 14.0. The van der Waals surface area contributed by atoms with E-state index in [9.17, 15) is 4.39 Å². The predicted octanol–water partition coefficient (Wildman–Crippen LogP) is 4.88. The molecular weight excluding hydrogens is 323 g/mol. The van der Waals surface area contributed by atoms with Gasteiger partial charge in [0.1, 0.15) is 5.82 Å². The molecule has 0 aromatic heterocycles. The summed E-state index contributed by atoms with van der Waals surface area (Å²) in [6.07, 6.45) is 1.46. The van der Waals surface area contributed by atoms with Gasteiger partial charge < -0.3 is 9.47 Å². The third-order valence-corrected chi connectivity index (χ3v) is 4.98. The lowest BCUT2D eigenvalue weighted by molar-refractivity contribution is -0.0948. The average Bonchev–Trinajstić information content (AvgIpc) is 2.62. The van der Waals surface area contributed by atoms with Crippen molar-refractivity contribution in [1.82, 2.24) is 0 Å². The zero-order chi connectivity index (χ0) is 17.2. The Kier molecular flexibility index (Phi) is 5.09. The second kappa shape index (κ2) is 7.09. The Morgan fingerprint density at radius 2 is 1.75 bits per heavy atom. The van der Waals surface area contributed by atoms with E-state index in [1.807, 2.05) is 37.3 Å². The van der Waals surface area contributed by atoms with Crippen molar-refractivity contribution in [3.05, 3.63) is 59.4 Å². The largest absolute Gasteiger partial charge is 0.381 e. The van der Waals surface area contributed by atoms with Crippen LogP contribution in [0.15, 0.2) is 42.5 Å². The SMILES string of the molecule is COC1(c2cc(F)cc(-c3ccc(C(C)=S)cc3)c2)CCOCC1. The third kappa shape index (κ3) is 3.41. The van der Waals surface area contributed by atoms with Gasteiger partial charge in [-0.05, 0) is 47.4 Å². The predicted molar refractivity (Wildman–Crippen MR) is 98.0 cm³/mol. The topological polar surface area (TPSA) is 18.5 Å². The Balaban J connectivity index is 2.01. The summed E-state index contributed by atoms with van der Waals surface area (Å²) in [5, 5.41) is 0. The van der Waals surface area contributed by atoms with Crippen molar-refractivity contribution in [1.29, 1.82) is 0 Å². The van der Waals surface area contributed by atoms with Crippen LogP contribution in [0.3, 0.4) is 0 Å². The summed E-state index contributed by atoms with van der Waals surface area (Å²) >= 11 is 5.19. The number of hydrogen-bond acceptors (Lipinski definition) is 3. The van der Waals surface area contributed by atoms with Gasteiger partial charge in [0, 0.05) is 38.0 Å². The Morgan fingerprint density at radius 1 is 1.08 bits per heavy atom. The van der Waals surface area contributed by atoms with Gasteiger partial charge in [0.2, 0.25) is 0 Å². The molecule has 2 aromatic rings. The molecule has 2 nitrogen and oxygen atoms in total. The van der Waals surface area contributed by atoms with Gasteiger partial charge in [0.25, 0.3) is 0 Å². The van der Waals surface area contributed by atoms with Crippen LogP contribution in [-0.2, 0) is 15.1 Å². The quantitative estimate of drug-likeness (QED) is 0.581. The van der Waals surface area contributed by atoms with Crippen LogP contribution in [-0.4, -0.2) is 25.2 Å². The molecule has 1 fully saturated rings. The van der Waals surface area contributed by atoms with Gasteiger partial charge in [-0.2, -0.15) is 0 Å². The smallest absolute Gasteiger partial charge is 0.124 e. The average molecular weight is 344 g/mol. The molecule has 0 radical (unpaired) electrons. The first-order valence-electron chi connectivity index (χ1n) is 8.09. The lowest BCUT2D eigenvalue weighted by atomic mass is 9.84. The summed E-state index contributed by atoms with van der Waals surface area (Å²) in [5.74, 6) is -0.250. The minimum atomic E-state index is -0.472. The maximum absolute atomic E-state index is 14.3. The normalized spacial score (nSPS) is 16.8. The molecule has 0 amide bonds. The molecule has 0 unspecified atom stereocenters. The standard InChI is InChI=1S/C20H21FO2S/c1-14(24)15-3-5-16(6-4-15)17-11-18(13-19(21)12-17)20(22-2)7-9-23-10-8-20/h3-6,11-13H,7-10H2,1-2H3. The summed E-state index contributed by atoms with van der Waals surface area (Å²) < 4.78 is 25.5. The Hall–Kier alpha value is -1.62. The number of rotatable bonds is 4. The van der Waals surface area contributed by atoms with E-state index in [1.165, 1.54) is 0 Å². The van der Waals surface area contributed by atoms with Gasteiger partial charge in [0.15, 0.2) is 0 Å². The first-order chi connectivity index (χ1) is 11.5. The number of thiocarbonyl (C=S) groups is 1. The second-order valence-corrected chi connectivity index (χ2v) is 6.79. The van der Waals surface area contributed by atoms with E-state index in [4.69, 9.17) is 21.7 Å². The Labute approximate surface area is 147 Å². The molecule has 2 aromatic carbocycles. The van der Waals surface area contributed by atoms with Crippen LogP contribution in [0.4, 0.5) is 4.39 Å². The van der Waals surface area contributed by atoms with Gasteiger partial charge in [-0.25, -0.2) is 4.39 Å². The van der Waals surface area contributed by atoms with Gasteiger partial charge in [-0.15, -0.1) is 0 Å². The molecule has 0 saturated carbocycles. The molecule has 126 valence electrons. The van der Waals surface area contributed by atoms with E-state index >= 15 is 0 Å². The van der Waals surface area contributed by atoms with Gasteiger partial charge in [-0.3, -0.25) is 0 Å². The molecule has 1 saturated heterocycles. The van der Waals surface area contributed by atoms with Crippen molar-refractivity contribution < 1.29 is 13.9 Å². The van der Waals surface area contributed by atoms with E-state index in [-0.39, 0.29) is 5.82 Å². The van der Waals surface area contributed by atoms with Crippen molar-refractivity contribution in [3.63, 3.8) is 0 Å². The van der Waals surface area contributed by atoms with Crippen LogP contribution in [0.25, 0.3) is 11.1 Å². The Bertz CT molecular complexity index is 734. The molecule has 0 atom stereocenters. The number of ether oxygens (including phenoxy) is 2. The molecular formula is C20H21FO2S. The fourth-order valence-electron chi connectivity index (χ4n) is 3.23. The van der Waals surface area contributed by atoms with E-state index in [0.717, 1.165) is 40.0 Å². The molecule has 1 aliphatic rings. The highest BCUT2D eigenvalue weighted by molar-refractivity contribution is 7.80. The first-order valence-corrected chi connectivity index (χ1v) is 8.50. The van der Waals surface area contributed by atoms with E-state index in [2.05, 4.69) is 0 Å².